The second-order valence-corrected chi connectivity index (χ2v) is 3.22. The molecular weight excluding hydrogens is 196 g/mol. The Kier molecular flexibility index (Phi) is 2.63. The summed E-state index contributed by atoms with van der Waals surface area (Å²) in [6, 6.07) is 1.72. The average molecular weight is 208 g/mol. The Morgan fingerprint density at radius 2 is 2.20 bits per heavy atom. The van der Waals surface area contributed by atoms with E-state index in [2.05, 4.69) is 9.97 Å². The number of imidazole rings is 1. The number of aliphatic hydroxyl groups excluding tert-OH is 2. The van der Waals surface area contributed by atoms with Crippen LogP contribution in [0.15, 0.2) is 24.7 Å². The van der Waals surface area contributed by atoms with Gasteiger partial charge in [0.1, 0.15) is 6.10 Å². The van der Waals surface area contributed by atoms with Crippen LogP contribution in [0.4, 0.5) is 0 Å². The smallest absolute Gasteiger partial charge is 0.233 e. The monoisotopic (exact) mass is 208 g/mol. The standard InChI is InChI=1S/C9H12N4O2/c10-4-7(14)8(15)6-5-12-9-11-2-1-3-13(6)9/h1-3,5,7-8,14-15H,4,10H2. The second kappa shape index (κ2) is 3.93. The Bertz CT molecular complexity index is 456. The quantitative estimate of drug-likeness (QED) is 0.606. The number of nitrogens with zero attached hydrogens (tertiary/aromatic N) is 3. The van der Waals surface area contributed by atoms with Crippen molar-refractivity contribution in [1.29, 1.82) is 0 Å². The van der Waals surface area contributed by atoms with Crippen molar-refractivity contribution in [2.45, 2.75) is 12.2 Å². The molecular formula is C9H12N4O2. The normalized spacial score (nSPS) is 15.4. The SMILES string of the molecule is NCC(O)C(O)c1cnc2ncccn12. The minimum atomic E-state index is -1.05. The molecule has 0 radical (unpaired) electrons. The predicted molar refractivity (Wildman–Crippen MR) is 53.0 cm³/mol. The summed E-state index contributed by atoms with van der Waals surface area (Å²) in [5.41, 5.74) is 5.75. The molecule has 6 heteroatoms. The summed E-state index contributed by atoms with van der Waals surface area (Å²) in [5.74, 6) is 0.482. The van der Waals surface area contributed by atoms with E-state index in [-0.39, 0.29) is 6.54 Å². The molecule has 6 nitrogen and oxygen atoms in total. The molecule has 0 fully saturated rings. The molecule has 2 aromatic heterocycles. The molecule has 15 heavy (non-hydrogen) atoms. The van der Waals surface area contributed by atoms with Crippen LogP contribution in [0.5, 0.6) is 0 Å². The van der Waals surface area contributed by atoms with Crippen molar-refractivity contribution in [2.75, 3.05) is 6.54 Å². The van der Waals surface area contributed by atoms with E-state index in [0.29, 0.717) is 11.5 Å². The van der Waals surface area contributed by atoms with Gasteiger partial charge in [0.15, 0.2) is 0 Å². The Morgan fingerprint density at radius 1 is 1.40 bits per heavy atom. The number of rotatable bonds is 3. The van der Waals surface area contributed by atoms with Crippen LogP contribution < -0.4 is 5.73 Å². The average Bonchev–Trinajstić information content (AvgIpc) is 2.70. The van der Waals surface area contributed by atoms with Gasteiger partial charge in [0.25, 0.3) is 0 Å². The molecule has 2 heterocycles. The van der Waals surface area contributed by atoms with Gasteiger partial charge >= 0.3 is 0 Å². The van der Waals surface area contributed by atoms with Gasteiger partial charge in [0, 0.05) is 18.9 Å². The summed E-state index contributed by atoms with van der Waals surface area (Å²) in [7, 11) is 0. The number of fused-ring (bicyclic) bond motifs is 1. The highest BCUT2D eigenvalue weighted by molar-refractivity contribution is 5.31. The zero-order chi connectivity index (χ0) is 10.8. The summed E-state index contributed by atoms with van der Waals surface area (Å²) >= 11 is 0. The molecule has 2 rings (SSSR count). The fraction of sp³-hybridized carbons (Fsp3) is 0.333. The highest BCUT2D eigenvalue weighted by Crippen LogP contribution is 2.16. The fourth-order valence-electron chi connectivity index (χ4n) is 1.39. The van der Waals surface area contributed by atoms with Crippen molar-refractivity contribution in [3.63, 3.8) is 0 Å². The van der Waals surface area contributed by atoms with Crippen LogP contribution in [0.25, 0.3) is 5.78 Å². The maximum Gasteiger partial charge on any atom is 0.233 e. The minimum absolute atomic E-state index is 0.00530. The lowest BCUT2D eigenvalue weighted by molar-refractivity contribution is 0.0212. The van der Waals surface area contributed by atoms with E-state index in [9.17, 15) is 10.2 Å². The first-order chi connectivity index (χ1) is 7.24. The molecule has 80 valence electrons. The van der Waals surface area contributed by atoms with Crippen molar-refractivity contribution < 1.29 is 10.2 Å². The van der Waals surface area contributed by atoms with Gasteiger partial charge in [-0.3, -0.25) is 4.40 Å². The van der Waals surface area contributed by atoms with Crippen LogP contribution in [-0.2, 0) is 0 Å². The minimum Gasteiger partial charge on any atom is -0.389 e. The highest BCUT2D eigenvalue weighted by atomic mass is 16.3. The van der Waals surface area contributed by atoms with Gasteiger partial charge in [-0.05, 0) is 6.07 Å². The number of nitrogens with two attached hydrogens (primary N) is 1. The summed E-state index contributed by atoms with van der Waals surface area (Å²) in [6.45, 7) is -0.00530. The first kappa shape index (κ1) is 10.0. The summed E-state index contributed by atoms with van der Waals surface area (Å²) < 4.78 is 1.61. The second-order valence-electron chi connectivity index (χ2n) is 3.22. The van der Waals surface area contributed by atoms with Crippen molar-refractivity contribution in [3.8, 4) is 0 Å². The summed E-state index contributed by atoms with van der Waals surface area (Å²) in [6.07, 6.45) is 2.76. The molecule has 2 unspecified atom stereocenters. The Balaban J connectivity index is 2.43. The van der Waals surface area contributed by atoms with Crippen LogP contribution in [0.2, 0.25) is 0 Å². The lowest BCUT2D eigenvalue weighted by Gasteiger charge is -2.15. The molecule has 2 atom stereocenters. The molecule has 4 N–H and O–H groups in total. The molecule has 0 bridgehead atoms. The summed E-state index contributed by atoms with van der Waals surface area (Å²) in [4.78, 5) is 7.99. The maximum absolute atomic E-state index is 9.76. The Morgan fingerprint density at radius 3 is 2.93 bits per heavy atom. The topological polar surface area (TPSA) is 96.7 Å². The van der Waals surface area contributed by atoms with Crippen LogP contribution in [0.3, 0.4) is 0 Å². The number of aromatic nitrogens is 3. The lowest BCUT2D eigenvalue weighted by atomic mass is 10.1. The van der Waals surface area contributed by atoms with Gasteiger partial charge in [0.05, 0.1) is 18.0 Å². The third kappa shape index (κ3) is 1.70. The van der Waals surface area contributed by atoms with E-state index in [4.69, 9.17) is 5.73 Å². The number of hydrogen-bond acceptors (Lipinski definition) is 5. The zero-order valence-electron chi connectivity index (χ0n) is 7.98. The van der Waals surface area contributed by atoms with Gasteiger partial charge < -0.3 is 15.9 Å². The molecule has 0 saturated carbocycles. The molecule has 0 aromatic carbocycles. The van der Waals surface area contributed by atoms with Gasteiger partial charge in [0.2, 0.25) is 5.78 Å². The van der Waals surface area contributed by atoms with Crippen LogP contribution in [0.1, 0.15) is 11.8 Å². The van der Waals surface area contributed by atoms with Crippen molar-refractivity contribution in [2.24, 2.45) is 5.73 Å². The van der Waals surface area contributed by atoms with E-state index >= 15 is 0 Å². The molecule has 0 aliphatic rings. The number of hydrogen-bond donors (Lipinski definition) is 3. The third-order valence-electron chi connectivity index (χ3n) is 2.23. The largest absolute Gasteiger partial charge is 0.389 e. The first-order valence-electron chi connectivity index (χ1n) is 4.58. The van der Waals surface area contributed by atoms with E-state index in [1.54, 1.807) is 22.9 Å². The van der Waals surface area contributed by atoms with E-state index in [0.717, 1.165) is 0 Å². The van der Waals surface area contributed by atoms with Crippen LogP contribution >= 0.6 is 0 Å². The predicted octanol–water partition coefficient (Wildman–Crippen LogP) is -0.918. The van der Waals surface area contributed by atoms with Crippen molar-refractivity contribution in [3.05, 3.63) is 30.4 Å². The van der Waals surface area contributed by atoms with E-state index in [1.165, 1.54) is 6.20 Å². The molecule has 0 aliphatic heterocycles. The molecule has 0 saturated heterocycles. The lowest BCUT2D eigenvalue weighted by Crippen LogP contribution is -2.27. The molecule has 0 amide bonds. The molecule has 0 spiro atoms. The van der Waals surface area contributed by atoms with Gasteiger partial charge in [-0.2, -0.15) is 0 Å². The van der Waals surface area contributed by atoms with Gasteiger partial charge in [-0.15, -0.1) is 0 Å². The third-order valence-corrected chi connectivity index (χ3v) is 2.23. The maximum atomic E-state index is 9.76. The van der Waals surface area contributed by atoms with Crippen LogP contribution in [0, 0.1) is 0 Å². The van der Waals surface area contributed by atoms with Crippen molar-refractivity contribution in [1.82, 2.24) is 14.4 Å². The fourth-order valence-corrected chi connectivity index (χ4v) is 1.39. The zero-order valence-corrected chi connectivity index (χ0v) is 7.98. The van der Waals surface area contributed by atoms with Crippen molar-refractivity contribution >= 4 is 5.78 Å². The highest BCUT2D eigenvalue weighted by Gasteiger charge is 2.20. The van der Waals surface area contributed by atoms with E-state index < -0.39 is 12.2 Å². The Hall–Kier alpha value is -1.50. The first-order valence-corrected chi connectivity index (χ1v) is 4.58. The molecule has 0 aliphatic carbocycles. The van der Waals surface area contributed by atoms with Crippen LogP contribution in [-0.4, -0.2) is 37.2 Å². The Labute approximate surface area is 86.0 Å². The molecule has 2 aromatic rings. The van der Waals surface area contributed by atoms with E-state index in [1.807, 2.05) is 0 Å². The number of aliphatic hydroxyl groups is 2. The van der Waals surface area contributed by atoms with Gasteiger partial charge in [-0.25, -0.2) is 9.97 Å². The van der Waals surface area contributed by atoms with Gasteiger partial charge in [-0.1, -0.05) is 0 Å². The summed E-state index contributed by atoms with van der Waals surface area (Å²) in [5, 5.41) is 19.2.